The van der Waals surface area contributed by atoms with Gasteiger partial charge >= 0.3 is 0 Å². The quantitative estimate of drug-likeness (QED) is 0.283. The molecule has 0 atom stereocenters. The summed E-state index contributed by atoms with van der Waals surface area (Å²) in [7, 11) is 0. The van der Waals surface area contributed by atoms with E-state index in [0.717, 1.165) is 27.7 Å². The molecule has 7 heteroatoms. The molecular formula is C24H18Cl2FN3O. The number of halogens is 3. The molecule has 0 aliphatic rings. The third kappa shape index (κ3) is 4.48. The topological polar surface area (TPSA) is 46.4 Å². The number of rotatable bonds is 5. The van der Waals surface area contributed by atoms with E-state index in [2.05, 4.69) is 15.1 Å². The Morgan fingerprint density at radius 3 is 2.58 bits per heavy atom. The Kier molecular flexibility index (Phi) is 6.07. The van der Waals surface area contributed by atoms with E-state index in [9.17, 15) is 9.18 Å². The van der Waals surface area contributed by atoms with Crippen LogP contribution in [0.2, 0.25) is 10.0 Å². The summed E-state index contributed by atoms with van der Waals surface area (Å²) in [5.41, 5.74) is 6.67. The van der Waals surface area contributed by atoms with Gasteiger partial charge in [-0.2, -0.15) is 5.10 Å². The van der Waals surface area contributed by atoms with Crippen LogP contribution in [0, 0.1) is 12.7 Å². The van der Waals surface area contributed by atoms with Crippen molar-refractivity contribution < 1.29 is 9.18 Å². The number of hydrogen-bond donors (Lipinski definition) is 1. The lowest BCUT2D eigenvalue weighted by atomic mass is 10.1. The van der Waals surface area contributed by atoms with Crippen molar-refractivity contribution in [2.45, 2.75) is 13.5 Å². The van der Waals surface area contributed by atoms with E-state index in [1.807, 2.05) is 43.3 Å². The second-order valence-corrected chi connectivity index (χ2v) is 7.89. The van der Waals surface area contributed by atoms with Crippen LogP contribution in [0.4, 0.5) is 4.39 Å². The van der Waals surface area contributed by atoms with Crippen molar-refractivity contribution in [3.8, 4) is 0 Å². The third-order valence-corrected chi connectivity index (χ3v) is 5.68. The summed E-state index contributed by atoms with van der Waals surface area (Å²) in [6, 6.07) is 18.7. The highest BCUT2D eigenvalue weighted by molar-refractivity contribution is 6.35. The van der Waals surface area contributed by atoms with Crippen molar-refractivity contribution in [2.24, 2.45) is 5.10 Å². The molecule has 4 rings (SSSR count). The number of hydrazone groups is 1. The van der Waals surface area contributed by atoms with Crippen LogP contribution in [-0.2, 0) is 6.54 Å². The van der Waals surface area contributed by atoms with Gasteiger partial charge in [0.1, 0.15) is 5.82 Å². The lowest BCUT2D eigenvalue weighted by Crippen LogP contribution is -2.17. The molecule has 4 aromatic rings. The lowest BCUT2D eigenvalue weighted by molar-refractivity contribution is 0.0955. The van der Waals surface area contributed by atoms with Gasteiger partial charge in [-0.15, -0.1) is 0 Å². The molecular weight excluding hydrogens is 436 g/mol. The zero-order valence-electron chi connectivity index (χ0n) is 16.6. The number of aromatic nitrogens is 1. The normalized spacial score (nSPS) is 11.4. The number of hydrogen-bond acceptors (Lipinski definition) is 2. The molecule has 156 valence electrons. The SMILES string of the molecule is Cc1c(/C=N\NC(=O)c2ccc(F)cc2)c2ccccc2n1Cc1ccc(Cl)cc1Cl. The molecule has 0 aliphatic carbocycles. The average molecular weight is 454 g/mol. The fraction of sp³-hybridized carbons (Fsp3) is 0.0833. The Morgan fingerprint density at radius 2 is 1.84 bits per heavy atom. The molecule has 1 heterocycles. The Bertz CT molecular complexity index is 1300. The number of para-hydroxylation sites is 1. The molecule has 0 bridgehead atoms. The zero-order valence-corrected chi connectivity index (χ0v) is 18.1. The highest BCUT2D eigenvalue weighted by Gasteiger charge is 2.14. The van der Waals surface area contributed by atoms with Crippen molar-refractivity contribution in [3.63, 3.8) is 0 Å². The van der Waals surface area contributed by atoms with Crippen LogP contribution in [0.25, 0.3) is 10.9 Å². The van der Waals surface area contributed by atoms with Gasteiger partial charge in [-0.1, -0.05) is 47.5 Å². The van der Waals surface area contributed by atoms with E-state index in [1.54, 1.807) is 12.3 Å². The predicted molar refractivity (Wildman–Crippen MR) is 124 cm³/mol. The van der Waals surface area contributed by atoms with E-state index >= 15 is 0 Å². The van der Waals surface area contributed by atoms with Crippen molar-refractivity contribution in [2.75, 3.05) is 0 Å². The maximum absolute atomic E-state index is 13.0. The van der Waals surface area contributed by atoms with Gasteiger partial charge in [-0.25, -0.2) is 9.82 Å². The summed E-state index contributed by atoms with van der Waals surface area (Å²) in [5.74, 6) is -0.810. The van der Waals surface area contributed by atoms with Gasteiger partial charge in [-0.3, -0.25) is 4.79 Å². The molecule has 0 fully saturated rings. The highest BCUT2D eigenvalue weighted by Crippen LogP contribution is 2.28. The number of carbonyl (C=O) groups is 1. The number of carbonyl (C=O) groups excluding carboxylic acids is 1. The number of amides is 1. The molecule has 0 saturated heterocycles. The van der Waals surface area contributed by atoms with Crippen LogP contribution in [0.3, 0.4) is 0 Å². The van der Waals surface area contributed by atoms with Gasteiger partial charge in [0, 0.05) is 44.3 Å². The zero-order chi connectivity index (χ0) is 22.0. The van der Waals surface area contributed by atoms with Gasteiger partial charge < -0.3 is 4.57 Å². The standard InChI is InChI=1S/C24H18Cl2FN3O/c1-15-21(13-28-29-24(31)16-7-10-19(27)11-8-16)20-4-2-3-5-23(20)30(15)14-17-6-9-18(25)12-22(17)26/h2-13H,14H2,1H3,(H,29,31)/b28-13-. The number of fused-ring (bicyclic) bond motifs is 1. The fourth-order valence-electron chi connectivity index (χ4n) is 3.47. The van der Waals surface area contributed by atoms with Gasteiger partial charge in [-0.05, 0) is 55.0 Å². The summed E-state index contributed by atoms with van der Waals surface area (Å²) >= 11 is 12.4. The predicted octanol–water partition coefficient (Wildman–Crippen LogP) is 6.21. The van der Waals surface area contributed by atoms with E-state index < -0.39 is 11.7 Å². The number of nitrogens with one attached hydrogen (secondary N) is 1. The summed E-state index contributed by atoms with van der Waals surface area (Å²) in [6.07, 6.45) is 1.62. The first-order valence-corrected chi connectivity index (χ1v) is 10.3. The number of nitrogens with zero attached hydrogens (tertiary/aromatic N) is 2. The molecule has 1 aromatic heterocycles. The lowest BCUT2D eigenvalue weighted by Gasteiger charge is -2.10. The first-order chi connectivity index (χ1) is 14.9. The molecule has 0 unspecified atom stereocenters. The Hall–Kier alpha value is -3.15. The largest absolute Gasteiger partial charge is 0.340 e. The highest BCUT2D eigenvalue weighted by atomic mass is 35.5. The average Bonchev–Trinajstić information content (AvgIpc) is 3.02. The van der Waals surface area contributed by atoms with Crippen LogP contribution < -0.4 is 5.43 Å². The van der Waals surface area contributed by atoms with Crippen LogP contribution in [0.5, 0.6) is 0 Å². The van der Waals surface area contributed by atoms with Crippen LogP contribution >= 0.6 is 23.2 Å². The monoisotopic (exact) mass is 453 g/mol. The first kappa shape index (κ1) is 21.1. The van der Waals surface area contributed by atoms with Crippen LogP contribution in [0.1, 0.15) is 27.2 Å². The minimum atomic E-state index is -0.411. The summed E-state index contributed by atoms with van der Waals surface area (Å²) < 4.78 is 15.2. The van der Waals surface area contributed by atoms with Crippen molar-refractivity contribution in [1.29, 1.82) is 0 Å². The molecule has 1 N–H and O–H groups in total. The maximum Gasteiger partial charge on any atom is 0.271 e. The summed E-state index contributed by atoms with van der Waals surface area (Å²) in [4.78, 5) is 12.2. The van der Waals surface area contributed by atoms with Crippen molar-refractivity contribution in [1.82, 2.24) is 9.99 Å². The molecule has 0 aliphatic heterocycles. The van der Waals surface area contributed by atoms with Crippen molar-refractivity contribution >= 4 is 46.2 Å². The Morgan fingerprint density at radius 1 is 1.10 bits per heavy atom. The second-order valence-electron chi connectivity index (χ2n) is 7.04. The van der Waals surface area contributed by atoms with E-state index in [-0.39, 0.29) is 0 Å². The Labute approximate surface area is 188 Å². The van der Waals surface area contributed by atoms with Gasteiger partial charge in [0.25, 0.3) is 5.91 Å². The first-order valence-electron chi connectivity index (χ1n) is 9.55. The third-order valence-electron chi connectivity index (χ3n) is 5.09. The van der Waals surface area contributed by atoms with Gasteiger partial charge in [0.05, 0.1) is 6.21 Å². The second kappa shape index (κ2) is 8.92. The molecule has 1 amide bonds. The molecule has 0 radical (unpaired) electrons. The van der Waals surface area contributed by atoms with Crippen LogP contribution in [-0.4, -0.2) is 16.7 Å². The summed E-state index contributed by atoms with van der Waals surface area (Å²) in [5, 5.41) is 6.32. The maximum atomic E-state index is 13.0. The molecule has 3 aromatic carbocycles. The minimum absolute atomic E-state index is 0.329. The molecule has 4 nitrogen and oxygen atoms in total. The minimum Gasteiger partial charge on any atom is -0.340 e. The van der Waals surface area contributed by atoms with E-state index in [0.29, 0.717) is 22.2 Å². The van der Waals surface area contributed by atoms with Gasteiger partial charge in [0.15, 0.2) is 0 Å². The molecule has 31 heavy (non-hydrogen) atoms. The van der Waals surface area contributed by atoms with E-state index in [4.69, 9.17) is 23.2 Å². The number of benzene rings is 3. The fourth-order valence-corrected chi connectivity index (χ4v) is 3.93. The smallest absolute Gasteiger partial charge is 0.271 e. The summed E-state index contributed by atoms with van der Waals surface area (Å²) in [6.45, 7) is 2.56. The van der Waals surface area contributed by atoms with Crippen molar-refractivity contribution in [3.05, 3.63) is 105 Å². The molecule has 0 saturated carbocycles. The van der Waals surface area contributed by atoms with Gasteiger partial charge in [0.2, 0.25) is 0 Å². The van der Waals surface area contributed by atoms with Crippen LogP contribution in [0.15, 0.2) is 71.8 Å². The van der Waals surface area contributed by atoms with E-state index in [1.165, 1.54) is 24.3 Å². The molecule has 0 spiro atoms. The Balaban J connectivity index is 1.64.